The van der Waals surface area contributed by atoms with Crippen LogP contribution >= 0.6 is 0 Å². The zero-order valence-electron chi connectivity index (χ0n) is 14.1. The molecular formula is C20H30O. The molecule has 1 aliphatic rings. The highest BCUT2D eigenvalue weighted by atomic mass is 16.1. The van der Waals surface area contributed by atoms with Crippen molar-refractivity contribution in [3.05, 3.63) is 35.4 Å². The van der Waals surface area contributed by atoms with Gasteiger partial charge in [-0.2, -0.15) is 0 Å². The van der Waals surface area contributed by atoms with Crippen LogP contribution in [-0.4, -0.2) is 5.78 Å². The van der Waals surface area contributed by atoms with E-state index in [1.165, 1.54) is 18.4 Å². The monoisotopic (exact) mass is 286 g/mol. The molecule has 0 saturated heterocycles. The molecule has 0 atom stereocenters. The molecule has 1 aliphatic carbocycles. The number of rotatable bonds is 4. The van der Waals surface area contributed by atoms with Gasteiger partial charge in [-0.3, -0.25) is 4.79 Å². The van der Waals surface area contributed by atoms with Gasteiger partial charge in [0.15, 0.2) is 5.78 Å². The van der Waals surface area contributed by atoms with Crippen molar-refractivity contribution in [3.63, 3.8) is 0 Å². The Morgan fingerprint density at radius 1 is 1.05 bits per heavy atom. The van der Waals surface area contributed by atoms with Crippen molar-refractivity contribution in [3.8, 4) is 0 Å². The molecule has 1 heteroatoms. The van der Waals surface area contributed by atoms with Crippen LogP contribution in [0.25, 0.3) is 0 Å². The smallest absolute Gasteiger partial charge is 0.165 e. The van der Waals surface area contributed by atoms with Gasteiger partial charge in [0.25, 0.3) is 0 Å². The Morgan fingerprint density at radius 2 is 1.62 bits per heavy atom. The zero-order chi connectivity index (χ0) is 15.5. The van der Waals surface area contributed by atoms with Gasteiger partial charge in [-0.05, 0) is 49.0 Å². The van der Waals surface area contributed by atoms with E-state index in [4.69, 9.17) is 0 Å². The van der Waals surface area contributed by atoms with Crippen molar-refractivity contribution in [1.82, 2.24) is 0 Å². The minimum Gasteiger partial charge on any atom is -0.294 e. The van der Waals surface area contributed by atoms with E-state index in [1.807, 2.05) is 12.1 Å². The lowest BCUT2D eigenvalue weighted by atomic mass is 9.69. The molecule has 2 rings (SSSR count). The fraction of sp³-hybridized carbons (Fsp3) is 0.650. The van der Waals surface area contributed by atoms with Gasteiger partial charge in [-0.25, -0.2) is 0 Å². The molecule has 0 amide bonds. The molecule has 116 valence electrons. The third-order valence-electron chi connectivity index (χ3n) is 5.10. The number of hydrogen-bond donors (Lipinski definition) is 0. The fourth-order valence-corrected chi connectivity index (χ4v) is 3.58. The molecule has 0 spiro atoms. The van der Waals surface area contributed by atoms with E-state index >= 15 is 0 Å². The number of aryl methyl sites for hydroxylation is 1. The van der Waals surface area contributed by atoms with E-state index in [2.05, 4.69) is 39.8 Å². The van der Waals surface area contributed by atoms with Crippen molar-refractivity contribution in [2.75, 3.05) is 0 Å². The second-order valence-corrected chi connectivity index (χ2v) is 7.73. The summed E-state index contributed by atoms with van der Waals surface area (Å²) in [7, 11) is 0. The number of carbonyl (C=O) groups excluding carboxylic acids is 1. The number of benzene rings is 1. The summed E-state index contributed by atoms with van der Waals surface area (Å²) in [6.45, 7) is 9.16. The summed E-state index contributed by atoms with van der Waals surface area (Å²) in [5.74, 6) is 1.39. The summed E-state index contributed by atoms with van der Waals surface area (Å²) in [4.78, 5) is 12.6. The van der Waals surface area contributed by atoms with Crippen LogP contribution in [0.2, 0.25) is 0 Å². The van der Waals surface area contributed by atoms with Gasteiger partial charge in [0.05, 0.1) is 0 Å². The zero-order valence-corrected chi connectivity index (χ0v) is 14.1. The minimum atomic E-state index is 0.251. The van der Waals surface area contributed by atoms with Gasteiger partial charge >= 0.3 is 0 Å². The Morgan fingerprint density at radius 3 is 2.10 bits per heavy atom. The van der Waals surface area contributed by atoms with Gasteiger partial charge in [0.2, 0.25) is 0 Å². The molecule has 1 aromatic rings. The Bertz CT molecular complexity index is 456. The normalized spacial score (nSPS) is 23.0. The van der Waals surface area contributed by atoms with E-state index in [9.17, 15) is 4.79 Å². The highest BCUT2D eigenvalue weighted by Crippen LogP contribution is 2.40. The lowest BCUT2D eigenvalue weighted by molar-refractivity contribution is 0.0819. The number of hydrogen-bond acceptors (Lipinski definition) is 1. The molecule has 0 bridgehead atoms. The maximum absolute atomic E-state index is 12.6. The van der Waals surface area contributed by atoms with Crippen LogP contribution in [0.15, 0.2) is 24.3 Å². The van der Waals surface area contributed by atoms with Crippen LogP contribution in [-0.2, 0) is 6.42 Å². The molecule has 0 N–H and O–H groups in total. The maximum atomic E-state index is 12.6. The standard InChI is InChI=1S/C20H30O/c1-5-6-15-7-9-16(10-8-15)19(21)17-11-13-18(14-12-17)20(2,3)4/h7-10,17-18H,5-6,11-14H2,1-4H3. The molecule has 1 aromatic carbocycles. The van der Waals surface area contributed by atoms with Crippen LogP contribution < -0.4 is 0 Å². The second kappa shape index (κ2) is 6.77. The first kappa shape index (κ1) is 16.3. The Kier molecular flexibility index (Phi) is 5.24. The summed E-state index contributed by atoms with van der Waals surface area (Å²) in [6.07, 6.45) is 6.80. The van der Waals surface area contributed by atoms with Crippen LogP contribution in [0.4, 0.5) is 0 Å². The quantitative estimate of drug-likeness (QED) is 0.651. The predicted octanol–water partition coefficient (Wildman–Crippen LogP) is 5.67. The minimum absolute atomic E-state index is 0.251. The average molecular weight is 286 g/mol. The topological polar surface area (TPSA) is 17.1 Å². The Balaban J connectivity index is 1.95. The summed E-state index contributed by atoms with van der Waals surface area (Å²) in [5, 5.41) is 0. The van der Waals surface area contributed by atoms with Crippen LogP contribution in [0.5, 0.6) is 0 Å². The van der Waals surface area contributed by atoms with Crippen LogP contribution in [0.3, 0.4) is 0 Å². The molecule has 0 aliphatic heterocycles. The van der Waals surface area contributed by atoms with Gasteiger partial charge < -0.3 is 0 Å². The molecule has 21 heavy (non-hydrogen) atoms. The summed E-state index contributed by atoms with van der Waals surface area (Å²) >= 11 is 0. The third kappa shape index (κ3) is 4.18. The molecule has 1 nitrogen and oxygen atoms in total. The van der Waals surface area contributed by atoms with Gasteiger partial charge in [-0.1, -0.05) is 58.4 Å². The van der Waals surface area contributed by atoms with Crippen molar-refractivity contribution in [2.24, 2.45) is 17.3 Å². The Labute approximate surface area is 130 Å². The van der Waals surface area contributed by atoms with Crippen molar-refractivity contribution < 1.29 is 4.79 Å². The molecule has 1 fully saturated rings. The average Bonchev–Trinajstić information content (AvgIpc) is 2.47. The van der Waals surface area contributed by atoms with E-state index in [1.54, 1.807) is 0 Å². The lowest BCUT2D eigenvalue weighted by Crippen LogP contribution is -2.28. The summed E-state index contributed by atoms with van der Waals surface area (Å²) < 4.78 is 0. The van der Waals surface area contributed by atoms with E-state index < -0.39 is 0 Å². The van der Waals surface area contributed by atoms with Crippen molar-refractivity contribution in [2.45, 2.75) is 66.2 Å². The first-order chi connectivity index (χ1) is 9.91. The van der Waals surface area contributed by atoms with E-state index in [0.717, 1.165) is 37.2 Å². The van der Waals surface area contributed by atoms with Crippen molar-refractivity contribution >= 4 is 5.78 Å². The predicted molar refractivity (Wildman–Crippen MR) is 89.7 cm³/mol. The summed E-state index contributed by atoms with van der Waals surface area (Å²) in [6, 6.07) is 8.31. The highest BCUT2D eigenvalue weighted by molar-refractivity contribution is 5.97. The number of Topliss-reactive ketones (excluding diaryl/α,β-unsaturated/α-hetero) is 1. The molecule has 1 saturated carbocycles. The number of carbonyl (C=O) groups is 1. The van der Waals surface area contributed by atoms with E-state index in [0.29, 0.717) is 11.2 Å². The van der Waals surface area contributed by atoms with Gasteiger partial charge in [0, 0.05) is 11.5 Å². The molecular weight excluding hydrogens is 256 g/mol. The fourth-order valence-electron chi connectivity index (χ4n) is 3.58. The summed E-state index contributed by atoms with van der Waals surface area (Å²) in [5.41, 5.74) is 2.63. The number of ketones is 1. The molecule has 0 radical (unpaired) electrons. The maximum Gasteiger partial charge on any atom is 0.165 e. The first-order valence-corrected chi connectivity index (χ1v) is 8.55. The van der Waals surface area contributed by atoms with Crippen molar-refractivity contribution in [1.29, 1.82) is 0 Å². The molecule has 0 aromatic heterocycles. The molecule has 0 unspecified atom stereocenters. The first-order valence-electron chi connectivity index (χ1n) is 8.55. The van der Waals surface area contributed by atoms with Gasteiger partial charge in [0.1, 0.15) is 0 Å². The highest BCUT2D eigenvalue weighted by Gasteiger charge is 2.32. The van der Waals surface area contributed by atoms with Crippen LogP contribution in [0, 0.1) is 17.3 Å². The second-order valence-electron chi connectivity index (χ2n) is 7.73. The SMILES string of the molecule is CCCc1ccc(C(=O)C2CCC(C(C)(C)C)CC2)cc1. The molecule has 0 heterocycles. The van der Waals surface area contributed by atoms with E-state index in [-0.39, 0.29) is 5.92 Å². The third-order valence-corrected chi connectivity index (χ3v) is 5.10. The van der Waals surface area contributed by atoms with Crippen LogP contribution in [0.1, 0.15) is 75.7 Å². The van der Waals surface area contributed by atoms with Gasteiger partial charge in [-0.15, -0.1) is 0 Å². The lowest BCUT2D eigenvalue weighted by Gasteiger charge is -2.36. The largest absolute Gasteiger partial charge is 0.294 e. The Hall–Kier alpha value is -1.11.